The summed E-state index contributed by atoms with van der Waals surface area (Å²) in [5.41, 5.74) is 2.00. The molecule has 2 N–H and O–H groups in total. The zero-order valence-electron chi connectivity index (χ0n) is 7.78. The lowest BCUT2D eigenvalue weighted by Gasteiger charge is -2.02. The average Bonchev–Trinajstić information content (AvgIpc) is 2.16. The number of carbonyl (C=O) groups is 2. The Balaban J connectivity index is 2.50. The van der Waals surface area contributed by atoms with Gasteiger partial charge in [-0.05, 0) is 12.5 Å². The van der Waals surface area contributed by atoms with Crippen molar-refractivity contribution >= 4 is 11.9 Å². The number of aliphatic carboxylic acids is 1. The van der Waals surface area contributed by atoms with Crippen molar-refractivity contribution in [2.75, 3.05) is 0 Å². The maximum atomic E-state index is 10.7. The van der Waals surface area contributed by atoms with E-state index in [1.807, 2.05) is 31.2 Å². The second kappa shape index (κ2) is 4.41. The van der Waals surface area contributed by atoms with Crippen LogP contribution in [-0.4, -0.2) is 17.0 Å². The number of amides is 1. The van der Waals surface area contributed by atoms with Crippen molar-refractivity contribution in [3.8, 4) is 0 Å². The molecule has 0 saturated heterocycles. The lowest BCUT2D eigenvalue weighted by molar-refractivity contribution is -0.150. The zero-order chi connectivity index (χ0) is 10.6. The lowest BCUT2D eigenvalue weighted by Crippen LogP contribution is -2.29. The predicted molar refractivity (Wildman–Crippen MR) is 50.7 cm³/mol. The van der Waals surface area contributed by atoms with Gasteiger partial charge in [0.15, 0.2) is 0 Å². The maximum absolute atomic E-state index is 10.7. The molecule has 0 aliphatic rings. The van der Waals surface area contributed by atoms with E-state index in [9.17, 15) is 9.59 Å². The van der Waals surface area contributed by atoms with Crippen molar-refractivity contribution in [3.05, 3.63) is 35.4 Å². The molecule has 0 aliphatic carbocycles. The summed E-state index contributed by atoms with van der Waals surface area (Å²) in [6.45, 7) is 2.20. The molecular formula is C10H11NO3. The van der Waals surface area contributed by atoms with Gasteiger partial charge in [-0.2, -0.15) is 0 Å². The summed E-state index contributed by atoms with van der Waals surface area (Å²) in [5, 5.41) is 10.6. The maximum Gasteiger partial charge on any atom is 0.394 e. The van der Waals surface area contributed by atoms with E-state index in [1.165, 1.54) is 0 Å². The molecule has 1 amide bonds. The fraction of sp³-hybridized carbons (Fsp3) is 0.200. The molecule has 14 heavy (non-hydrogen) atoms. The minimum Gasteiger partial charge on any atom is -0.474 e. The number of hydrogen-bond donors (Lipinski definition) is 2. The monoisotopic (exact) mass is 193 g/mol. The van der Waals surface area contributed by atoms with Crippen molar-refractivity contribution in [1.82, 2.24) is 5.32 Å². The third-order valence-corrected chi connectivity index (χ3v) is 1.77. The number of carboxylic acids is 1. The molecule has 0 aliphatic heterocycles. The summed E-state index contributed by atoms with van der Waals surface area (Å²) < 4.78 is 0. The Bertz CT molecular complexity index is 343. The fourth-order valence-electron chi connectivity index (χ4n) is 0.964. The van der Waals surface area contributed by atoms with Gasteiger partial charge in [0, 0.05) is 6.54 Å². The summed E-state index contributed by atoms with van der Waals surface area (Å²) in [6, 6.07) is 7.50. The molecule has 0 saturated carbocycles. The van der Waals surface area contributed by atoms with Gasteiger partial charge in [-0.25, -0.2) is 4.79 Å². The van der Waals surface area contributed by atoms with Crippen LogP contribution in [0, 0.1) is 6.92 Å². The van der Waals surface area contributed by atoms with Crippen LogP contribution in [0.15, 0.2) is 24.3 Å². The third kappa shape index (κ3) is 2.90. The topological polar surface area (TPSA) is 66.4 Å². The Labute approximate surface area is 81.6 Å². The number of aryl methyl sites for hydroxylation is 1. The first-order valence-corrected chi connectivity index (χ1v) is 4.16. The van der Waals surface area contributed by atoms with Crippen molar-refractivity contribution < 1.29 is 14.7 Å². The van der Waals surface area contributed by atoms with Crippen LogP contribution in [0.2, 0.25) is 0 Å². The quantitative estimate of drug-likeness (QED) is 0.679. The van der Waals surface area contributed by atoms with E-state index in [0.29, 0.717) is 0 Å². The molecular weight excluding hydrogens is 182 g/mol. The van der Waals surface area contributed by atoms with E-state index in [1.54, 1.807) is 0 Å². The summed E-state index contributed by atoms with van der Waals surface area (Å²) in [4.78, 5) is 20.8. The molecule has 1 aromatic carbocycles. The van der Waals surface area contributed by atoms with Gasteiger partial charge in [0.25, 0.3) is 0 Å². The van der Waals surface area contributed by atoms with E-state index < -0.39 is 11.9 Å². The predicted octanol–water partition coefficient (Wildman–Crippen LogP) is 0.696. The molecule has 74 valence electrons. The molecule has 0 aromatic heterocycles. The van der Waals surface area contributed by atoms with Crippen LogP contribution in [0.4, 0.5) is 0 Å². The Morgan fingerprint density at radius 3 is 2.36 bits per heavy atom. The van der Waals surface area contributed by atoms with Gasteiger partial charge < -0.3 is 10.4 Å². The first kappa shape index (κ1) is 10.2. The van der Waals surface area contributed by atoms with Crippen LogP contribution in [-0.2, 0) is 16.1 Å². The van der Waals surface area contributed by atoms with Crippen LogP contribution in [0.25, 0.3) is 0 Å². The SMILES string of the molecule is Cc1ccc(CNC(=O)C(=O)O)cc1. The first-order chi connectivity index (χ1) is 6.59. The van der Waals surface area contributed by atoms with E-state index in [-0.39, 0.29) is 6.54 Å². The molecule has 1 aromatic rings. The Kier molecular flexibility index (Phi) is 3.23. The molecule has 1 rings (SSSR count). The number of rotatable bonds is 2. The second-order valence-electron chi connectivity index (χ2n) is 2.97. The highest BCUT2D eigenvalue weighted by Crippen LogP contribution is 2.02. The van der Waals surface area contributed by atoms with Crippen LogP contribution in [0.5, 0.6) is 0 Å². The molecule has 0 bridgehead atoms. The van der Waals surface area contributed by atoms with Crippen molar-refractivity contribution in [1.29, 1.82) is 0 Å². The van der Waals surface area contributed by atoms with Crippen LogP contribution in [0.3, 0.4) is 0 Å². The molecule has 0 atom stereocenters. The number of carbonyl (C=O) groups excluding carboxylic acids is 1. The van der Waals surface area contributed by atoms with Gasteiger partial charge in [-0.3, -0.25) is 4.79 Å². The van der Waals surface area contributed by atoms with E-state index in [4.69, 9.17) is 5.11 Å². The lowest BCUT2D eigenvalue weighted by atomic mass is 10.1. The van der Waals surface area contributed by atoms with Gasteiger partial charge in [0.2, 0.25) is 0 Å². The Hall–Kier alpha value is -1.84. The van der Waals surface area contributed by atoms with Gasteiger partial charge in [-0.15, -0.1) is 0 Å². The van der Waals surface area contributed by atoms with Gasteiger partial charge in [0.1, 0.15) is 0 Å². The van der Waals surface area contributed by atoms with Crippen LogP contribution < -0.4 is 5.32 Å². The summed E-state index contributed by atoms with van der Waals surface area (Å²) in [7, 11) is 0. The molecule has 0 unspecified atom stereocenters. The summed E-state index contributed by atoms with van der Waals surface area (Å²) >= 11 is 0. The highest BCUT2D eigenvalue weighted by atomic mass is 16.4. The smallest absolute Gasteiger partial charge is 0.394 e. The number of hydrogen-bond acceptors (Lipinski definition) is 2. The normalized spacial score (nSPS) is 9.50. The van der Waals surface area contributed by atoms with Gasteiger partial charge in [0.05, 0.1) is 0 Å². The Morgan fingerprint density at radius 1 is 1.29 bits per heavy atom. The van der Waals surface area contributed by atoms with Crippen molar-refractivity contribution in [2.24, 2.45) is 0 Å². The molecule has 0 heterocycles. The Morgan fingerprint density at radius 2 is 1.86 bits per heavy atom. The van der Waals surface area contributed by atoms with Crippen molar-refractivity contribution in [3.63, 3.8) is 0 Å². The molecule has 0 radical (unpaired) electrons. The number of benzene rings is 1. The largest absolute Gasteiger partial charge is 0.474 e. The van der Waals surface area contributed by atoms with E-state index in [0.717, 1.165) is 11.1 Å². The van der Waals surface area contributed by atoms with E-state index in [2.05, 4.69) is 5.32 Å². The zero-order valence-corrected chi connectivity index (χ0v) is 7.78. The van der Waals surface area contributed by atoms with Gasteiger partial charge >= 0.3 is 11.9 Å². The first-order valence-electron chi connectivity index (χ1n) is 4.16. The summed E-state index contributed by atoms with van der Waals surface area (Å²) in [5.74, 6) is -2.44. The highest BCUT2D eigenvalue weighted by Gasteiger charge is 2.09. The molecule has 4 heteroatoms. The van der Waals surface area contributed by atoms with E-state index >= 15 is 0 Å². The standard InChI is InChI=1S/C10H11NO3/c1-7-2-4-8(5-3-7)6-11-9(12)10(13)14/h2-5H,6H2,1H3,(H,11,12)(H,13,14). The highest BCUT2D eigenvalue weighted by molar-refractivity contribution is 6.31. The summed E-state index contributed by atoms with van der Waals surface area (Å²) in [6.07, 6.45) is 0. The number of carboxylic acid groups (broad SMARTS) is 1. The average molecular weight is 193 g/mol. The molecule has 0 spiro atoms. The minimum atomic E-state index is -1.46. The van der Waals surface area contributed by atoms with Gasteiger partial charge in [-0.1, -0.05) is 29.8 Å². The molecule has 4 nitrogen and oxygen atoms in total. The third-order valence-electron chi connectivity index (χ3n) is 1.77. The van der Waals surface area contributed by atoms with Crippen LogP contribution >= 0.6 is 0 Å². The number of nitrogens with one attached hydrogen (secondary N) is 1. The molecule has 0 fully saturated rings. The minimum absolute atomic E-state index is 0.241. The second-order valence-corrected chi connectivity index (χ2v) is 2.97. The van der Waals surface area contributed by atoms with Crippen molar-refractivity contribution in [2.45, 2.75) is 13.5 Å². The van der Waals surface area contributed by atoms with Crippen LogP contribution in [0.1, 0.15) is 11.1 Å². The fourth-order valence-corrected chi connectivity index (χ4v) is 0.964.